The Morgan fingerprint density at radius 1 is 0.966 bits per heavy atom. The van der Waals surface area contributed by atoms with Gasteiger partial charge < -0.3 is 20.2 Å². The molecule has 0 aliphatic heterocycles. The molecule has 4 aromatic rings. The van der Waals surface area contributed by atoms with Crippen molar-refractivity contribution in [1.29, 1.82) is 0 Å². The minimum atomic E-state index is 0.318. The molecule has 1 aromatic carbocycles. The van der Waals surface area contributed by atoms with Gasteiger partial charge >= 0.3 is 0 Å². The highest BCUT2D eigenvalue weighted by atomic mass is 35.5. The Morgan fingerprint density at radius 2 is 1.72 bits per heavy atom. The number of nitrogens with zero attached hydrogens (tertiary/aromatic N) is 3. The zero-order valence-corrected chi connectivity index (χ0v) is 16.6. The highest BCUT2D eigenvalue weighted by molar-refractivity contribution is 6.30. The van der Waals surface area contributed by atoms with Crippen LogP contribution in [0.3, 0.4) is 0 Å². The highest BCUT2D eigenvalue weighted by Gasteiger charge is 2.19. The van der Waals surface area contributed by atoms with E-state index in [2.05, 4.69) is 15.0 Å². The fourth-order valence-corrected chi connectivity index (χ4v) is 3.22. The van der Waals surface area contributed by atoms with Crippen LogP contribution in [0.2, 0.25) is 5.02 Å². The first-order valence-electron chi connectivity index (χ1n) is 8.75. The number of nitrogen functional groups attached to an aromatic ring is 1. The molecule has 0 radical (unpaired) electrons. The average Bonchev–Trinajstić information content (AvgIpc) is 3.20. The Bertz CT molecular complexity index is 1160. The number of nitrogens with one attached hydrogen (secondary N) is 1. The van der Waals surface area contributed by atoms with Crippen molar-refractivity contribution >= 4 is 17.4 Å². The van der Waals surface area contributed by atoms with E-state index < -0.39 is 0 Å². The normalized spacial score (nSPS) is 10.7. The molecule has 0 aliphatic rings. The van der Waals surface area contributed by atoms with Crippen LogP contribution in [-0.4, -0.2) is 34.2 Å². The lowest BCUT2D eigenvalue weighted by Crippen LogP contribution is -1.96. The van der Waals surface area contributed by atoms with Gasteiger partial charge in [0.25, 0.3) is 0 Å². The minimum Gasteiger partial charge on any atom is -0.496 e. The molecule has 0 atom stereocenters. The summed E-state index contributed by atoms with van der Waals surface area (Å²) in [5, 5.41) is 0.583. The molecule has 0 saturated heterocycles. The van der Waals surface area contributed by atoms with Crippen molar-refractivity contribution in [2.45, 2.75) is 0 Å². The molecular formula is C21H18ClN5O2. The lowest BCUT2D eigenvalue weighted by molar-refractivity contribution is 0.415. The quantitative estimate of drug-likeness (QED) is 0.507. The number of H-pyrrole nitrogens is 1. The van der Waals surface area contributed by atoms with Crippen LogP contribution in [0.5, 0.6) is 11.5 Å². The number of aromatic nitrogens is 4. The Hall–Kier alpha value is -3.58. The first-order valence-corrected chi connectivity index (χ1v) is 9.12. The van der Waals surface area contributed by atoms with E-state index >= 15 is 0 Å². The zero-order chi connectivity index (χ0) is 20.4. The number of anilines is 1. The van der Waals surface area contributed by atoms with Crippen LogP contribution >= 0.6 is 11.6 Å². The number of rotatable bonds is 5. The van der Waals surface area contributed by atoms with Gasteiger partial charge in [-0.15, -0.1) is 0 Å². The maximum absolute atomic E-state index is 6.22. The number of pyridine rings is 2. The van der Waals surface area contributed by atoms with Gasteiger partial charge in [-0.05, 0) is 36.4 Å². The Balaban J connectivity index is 1.95. The number of aromatic amines is 1. The summed E-state index contributed by atoms with van der Waals surface area (Å²) in [5.74, 6) is 2.07. The monoisotopic (exact) mass is 407 g/mol. The fraction of sp³-hybridized carbons (Fsp3) is 0.0952. The van der Waals surface area contributed by atoms with Gasteiger partial charge in [0.2, 0.25) is 0 Å². The van der Waals surface area contributed by atoms with E-state index in [0.29, 0.717) is 28.2 Å². The Morgan fingerprint density at radius 3 is 2.45 bits per heavy atom. The predicted octanol–water partition coefficient (Wildman–Crippen LogP) is 4.45. The Kier molecular flexibility index (Phi) is 5.05. The van der Waals surface area contributed by atoms with Crippen LogP contribution in [0, 0.1) is 0 Å². The number of hydrogen-bond acceptors (Lipinski definition) is 6. The summed E-state index contributed by atoms with van der Waals surface area (Å²) in [4.78, 5) is 16.5. The number of benzene rings is 1. The summed E-state index contributed by atoms with van der Waals surface area (Å²) in [6.45, 7) is 0. The van der Waals surface area contributed by atoms with Crippen LogP contribution in [0.25, 0.3) is 33.9 Å². The lowest BCUT2D eigenvalue weighted by atomic mass is 10.1. The van der Waals surface area contributed by atoms with Crippen molar-refractivity contribution in [3.8, 4) is 45.4 Å². The first-order chi connectivity index (χ1) is 14.1. The third-order valence-corrected chi connectivity index (χ3v) is 4.70. The van der Waals surface area contributed by atoms with Gasteiger partial charge in [-0.3, -0.25) is 4.98 Å². The van der Waals surface area contributed by atoms with Crippen molar-refractivity contribution in [3.63, 3.8) is 0 Å². The highest BCUT2D eigenvalue weighted by Crippen LogP contribution is 2.37. The summed E-state index contributed by atoms with van der Waals surface area (Å²) in [5.41, 5.74) is 9.80. The van der Waals surface area contributed by atoms with E-state index in [1.807, 2.05) is 18.2 Å². The van der Waals surface area contributed by atoms with Crippen LogP contribution in [0.15, 0.2) is 55.0 Å². The molecular weight excluding hydrogens is 390 g/mol. The van der Waals surface area contributed by atoms with E-state index in [4.69, 9.17) is 31.8 Å². The summed E-state index contributed by atoms with van der Waals surface area (Å²) in [7, 11) is 3.16. The van der Waals surface area contributed by atoms with Gasteiger partial charge in [0, 0.05) is 34.7 Å². The molecule has 0 aliphatic carbocycles. The van der Waals surface area contributed by atoms with Gasteiger partial charge in [0.1, 0.15) is 11.6 Å². The number of methoxy groups -OCH3 is 2. The van der Waals surface area contributed by atoms with Gasteiger partial charge in [-0.2, -0.15) is 0 Å². The number of hydrogen-bond donors (Lipinski definition) is 2. The van der Waals surface area contributed by atoms with Gasteiger partial charge in [-0.1, -0.05) is 11.6 Å². The van der Waals surface area contributed by atoms with Gasteiger partial charge in [0.05, 0.1) is 31.2 Å². The second-order valence-electron chi connectivity index (χ2n) is 6.20. The lowest BCUT2D eigenvalue weighted by Gasteiger charge is -2.07. The fourth-order valence-electron chi connectivity index (χ4n) is 3.05. The summed E-state index contributed by atoms with van der Waals surface area (Å²) in [6.07, 6.45) is 5.11. The molecule has 146 valence electrons. The largest absolute Gasteiger partial charge is 0.496 e. The van der Waals surface area contributed by atoms with Crippen LogP contribution < -0.4 is 15.2 Å². The van der Waals surface area contributed by atoms with E-state index in [-0.39, 0.29) is 0 Å². The summed E-state index contributed by atoms with van der Waals surface area (Å²) >= 11 is 6.22. The van der Waals surface area contributed by atoms with E-state index in [0.717, 1.165) is 28.1 Å². The van der Waals surface area contributed by atoms with Crippen LogP contribution in [-0.2, 0) is 0 Å². The number of halogens is 1. The standard InChI is InChI=1S/C21H18ClN5O2/c1-28-16-4-3-14(22)10-15(16)21-26-18(12-5-7-24-8-6-12)19(27-21)13-9-17(29-2)20(23)25-11-13/h3-11H,1-2H3,(H2,23,25)(H,26,27). The molecule has 0 bridgehead atoms. The molecule has 0 spiro atoms. The summed E-state index contributed by atoms with van der Waals surface area (Å²) < 4.78 is 10.8. The first kappa shape index (κ1) is 18.8. The van der Waals surface area contributed by atoms with Crippen LogP contribution in [0.4, 0.5) is 5.82 Å². The maximum atomic E-state index is 6.22. The smallest absolute Gasteiger partial charge is 0.166 e. The zero-order valence-electron chi connectivity index (χ0n) is 15.8. The van der Waals surface area contributed by atoms with Gasteiger partial charge in [-0.25, -0.2) is 9.97 Å². The van der Waals surface area contributed by atoms with Crippen molar-refractivity contribution < 1.29 is 9.47 Å². The van der Waals surface area contributed by atoms with Crippen molar-refractivity contribution in [2.75, 3.05) is 20.0 Å². The minimum absolute atomic E-state index is 0.318. The number of nitrogens with two attached hydrogens (primary N) is 1. The summed E-state index contributed by atoms with van der Waals surface area (Å²) in [6, 6.07) is 11.0. The molecule has 3 aromatic heterocycles. The van der Waals surface area contributed by atoms with E-state index in [1.54, 1.807) is 51.0 Å². The molecule has 0 unspecified atom stereocenters. The molecule has 3 heterocycles. The third kappa shape index (κ3) is 3.60. The topological polar surface area (TPSA) is 98.9 Å². The third-order valence-electron chi connectivity index (χ3n) is 4.46. The second-order valence-corrected chi connectivity index (χ2v) is 6.64. The molecule has 3 N–H and O–H groups in total. The van der Waals surface area contributed by atoms with Crippen molar-refractivity contribution in [3.05, 3.63) is 60.0 Å². The number of imidazole rings is 1. The van der Waals surface area contributed by atoms with E-state index in [9.17, 15) is 0 Å². The van der Waals surface area contributed by atoms with Gasteiger partial charge in [0.15, 0.2) is 11.6 Å². The Labute approximate surface area is 172 Å². The number of ether oxygens (including phenoxy) is 2. The van der Waals surface area contributed by atoms with Crippen molar-refractivity contribution in [2.24, 2.45) is 0 Å². The predicted molar refractivity (Wildman–Crippen MR) is 113 cm³/mol. The second kappa shape index (κ2) is 7.81. The van der Waals surface area contributed by atoms with Crippen LogP contribution in [0.1, 0.15) is 0 Å². The van der Waals surface area contributed by atoms with E-state index in [1.165, 1.54) is 0 Å². The molecule has 29 heavy (non-hydrogen) atoms. The maximum Gasteiger partial charge on any atom is 0.166 e. The molecule has 0 saturated carbocycles. The molecule has 8 heteroatoms. The molecule has 7 nitrogen and oxygen atoms in total. The molecule has 0 amide bonds. The molecule has 4 rings (SSSR count). The average molecular weight is 408 g/mol. The molecule has 0 fully saturated rings. The SMILES string of the molecule is COc1ccc(Cl)cc1-c1nc(-c2ccncc2)c(-c2cnc(N)c(OC)c2)[nH]1. The van der Waals surface area contributed by atoms with Crippen molar-refractivity contribution in [1.82, 2.24) is 19.9 Å².